The molecule has 0 aromatic heterocycles. The minimum atomic E-state index is 0.0888. The van der Waals surface area contributed by atoms with Crippen LogP contribution < -0.4 is 5.32 Å². The molecule has 1 aromatic carbocycles. The molecule has 0 bridgehead atoms. The van der Waals surface area contributed by atoms with Gasteiger partial charge in [-0.2, -0.15) is 0 Å². The maximum atomic E-state index is 10.9. The average Bonchev–Trinajstić information content (AvgIpc) is 2.24. The van der Waals surface area contributed by atoms with Crippen molar-refractivity contribution in [3.8, 4) is 5.75 Å². The smallest absolute Gasteiger partial charge is 0.219 e. The Morgan fingerprint density at radius 3 is 2.93 bits per heavy atom. The molecule has 0 radical (unpaired) electrons. The van der Waals surface area contributed by atoms with Gasteiger partial charge in [-0.05, 0) is 30.5 Å². The number of carbonyl (C=O) groups is 1. The molecule has 0 atom stereocenters. The number of nitrogens with one attached hydrogen (secondary N) is 1. The zero-order valence-electron chi connectivity index (χ0n) is 8.99. The summed E-state index contributed by atoms with van der Waals surface area (Å²) in [6.07, 6.45) is 2.31. The summed E-state index contributed by atoms with van der Waals surface area (Å²) in [4.78, 5) is 10.9. The standard InChI is InChI=1S/C12H17NO2/c1-2-12(15)13-8-4-6-10-5-3-7-11(14)9-10/h3,5,7,9,14H,2,4,6,8H2,1H3,(H,13,15). The first-order valence-electron chi connectivity index (χ1n) is 5.27. The molecule has 82 valence electrons. The Morgan fingerprint density at radius 1 is 1.47 bits per heavy atom. The lowest BCUT2D eigenvalue weighted by atomic mass is 10.1. The number of carbonyl (C=O) groups excluding carboxylic acids is 1. The third-order valence-electron chi connectivity index (χ3n) is 2.20. The largest absolute Gasteiger partial charge is 0.508 e. The molecule has 0 saturated carbocycles. The SMILES string of the molecule is CCC(=O)NCCCc1cccc(O)c1. The molecule has 0 aliphatic heterocycles. The monoisotopic (exact) mass is 207 g/mol. The lowest BCUT2D eigenvalue weighted by Crippen LogP contribution is -2.23. The summed E-state index contributed by atoms with van der Waals surface area (Å²) in [5, 5.41) is 12.0. The molecule has 0 unspecified atom stereocenters. The third kappa shape index (κ3) is 4.49. The van der Waals surface area contributed by atoms with Crippen molar-refractivity contribution in [1.29, 1.82) is 0 Å². The summed E-state index contributed by atoms with van der Waals surface area (Å²) in [6.45, 7) is 2.53. The zero-order valence-corrected chi connectivity index (χ0v) is 8.99. The second-order valence-corrected chi connectivity index (χ2v) is 3.48. The van der Waals surface area contributed by atoms with Crippen LogP contribution in [0.4, 0.5) is 0 Å². The zero-order chi connectivity index (χ0) is 11.1. The van der Waals surface area contributed by atoms with Crippen LogP contribution >= 0.6 is 0 Å². The molecule has 0 aliphatic carbocycles. The fourth-order valence-electron chi connectivity index (χ4n) is 1.36. The number of hydrogen-bond acceptors (Lipinski definition) is 2. The number of rotatable bonds is 5. The molecule has 0 heterocycles. The van der Waals surface area contributed by atoms with E-state index in [4.69, 9.17) is 0 Å². The van der Waals surface area contributed by atoms with Crippen LogP contribution in [0.15, 0.2) is 24.3 Å². The van der Waals surface area contributed by atoms with Gasteiger partial charge in [0, 0.05) is 13.0 Å². The highest BCUT2D eigenvalue weighted by Gasteiger charge is 1.97. The van der Waals surface area contributed by atoms with Crippen LogP contribution in [-0.4, -0.2) is 17.6 Å². The highest BCUT2D eigenvalue weighted by atomic mass is 16.3. The molecule has 3 nitrogen and oxygen atoms in total. The third-order valence-corrected chi connectivity index (χ3v) is 2.20. The molecule has 0 spiro atoms. The molecule has 1 rings (SSSR count). The van der Waals surface area contributed by atoms with Crippen LogP contribution in [0.1, 0.15) is 25.3 Å². The fraction of sp³-hybridized carbons (Fsp3) is 0.417. The van der Waals surface area contributed by atoms with Gasteiger partial charge in [-0.1, -0.05) is 19.1 Å². The van der Waals surface area contributed by atoms with E-state index >= 15 is 0 Å². The maximum Gasteiger partial charge on any atom is 0.219 e. The average molecular weight is 207 g/mol. The molecule has 3 heteroatoms. The van der Waals surface area contributed by atoms with Crippen molar-refractivity contribution in [3.05, 3.63) is 29.8 Å². The van der Waals surface area contributed by atoms with Gasteiger partial charge in [0.25, 0.3) is 0 Å². The molecular weight excluding hydrogens is 190 g/mol. The van der Waals surface area contributed by atoms with Gasteiger partial charge in [-0.15, -0.1) is 0 Å². The summed E-state index contributed by atoms with van der Waals surface area (Å²) in [6, 6.07) is 7.21. The maximum absolute atomic E-state index is 10.9. The van der Waals surface area contributed by atoms with Gasteiger partial charge in [0.15, 0.2) is 0 Å². The van der Waals surface area contributed by atoms with Crippen molar-refractivity contribution in [1.82, 2.24) is 5.32 Å². The predicted octanol–water partition coefficient (Wildman–Crippen LogP) is 1.85. The number of phenols is 1. The predicted molar refractivity (Wildman–Crippen MR) is 59.7 cm³/mol. The molecule has 0 fully saturated rings. The molecule has 2 N–H and O–H groups in total. The van der Waals surface area contributed by atoms with E-state index in [1.165, 1.54) is 0 Å². The van der Waals surface area contributed by atoms with Gasteiger partial charge in [0.2, 0.25) is 5.91 Å². The van der Waals surface area contributed by atoms with Crippen molar-refractivity contribution in [2.24, 2.45) is 0 Å². The number of aryl methyl sites for hydroxylation is 1. The number of aromatic hydroxyl groups is 1. The normalized spacial score (nSPS) is 9.93. The van der Waals surface area contributed by atoms with Gasteiger partial charge in [-0.3, -0.25) is 4.79 Å². The van der Waals surface area contributed by atoms with E-state index in [9.17, 15) is 9.90 Å². The van der Waals surface area contributed by atoms with Crippen LogP contribution in [0.3, 0.4) is 0 Å². The second kappa shape index (κ2) is 6.06. The molecular formula is C12H17NO2. The van der Waals surface area contributed by atoms with Crippen molar-refractivity contribution in [2.75, 3.05) is 6.54 Å². The van der Waals surface area contributed by atoms with Gasteiger partial charge in [0.1, 0.15) is 5.75 Å². The number of benzene rings is 1. The van der Waals surface area contributed by atoms with E-state index < -0.39 is 0 Å². The molecule has 1 aromatic rings. The summed E-state index contributed by atoms with van der Waals surface area (Å²) in [5.41, 5.74) is 1.10. The first kappa shape index (κ1) is 11.6. The summed E-state index contributed by atoms with van der Waals surface area (Å²) in [7, 11) is 0. The number of hydrogen-bond donors (Lipinski definition) is 2. The van der Waals surface area contributed by atoms with E-state index in [-0.39, 0.29) is 5.91 Å². The van der Waals surface area contributed by atoms with E-state index in [2.05, 4.69) is 5.32 Å². The van der Waals surface area contributed by atoms with E-state index in [1.807, 2.05) is 19.1 Å². The number of amides is 1. The lowest BCUT2D eigenvalue weighted by molar-refractivity contribution is -0.120. The van der Waals surface area contributed by atoms with Crippen LogP contribution in [0, 0.1) is 0 Å². The van der Waals surface area contributed by atoms with Gasteiger partial charge in [-0.25, -0.2) is 0 Å². The van der Waals surface area contributed by atoms with E-state index in [0.717, 1.165) is 18.4 Å². The Kier molecular flexibility index (Phi) is 4.68. The van der Waals surface area contributed by atoms with Crippen LogP contribution in [0.25, 0.3) is 0 Å². The van der Waals surface area contributed by atoms with Crippen LogP contribution in [0.5, 0.6) is 5.75 Å². The Morgan fingerprint density at radius 2 is 2.27 bits per heavy atom. The molecule has 0 aliphatic rings. The van der Waals surface area contributed by atoms with Gasteiger partial charge in [0.05, 0.1) is 0 Å². The van der Waals surface area contributed by atoms with Crippen molar-refractivity contribution < 1.29 is 9.90 Å². The van der Waals surface area contributed by atoms with E-state index in [0.29, 0.717) is 18.7 Å². The Hall–Kier alpha value is -1.51. The minimum absolute atomic E-state index is 0.0888. The van der Waals surface area contributed by atoms with E-state index in [1.54, 1.807) is 12.1 Å². The Labute approximate surface area is 90.1 Å². The summed E-state index contributed by atoms with van der Waals surface area (Å²) >= 11 is 0. The molecule has 1 amide bonds. The lowest BCUT2D eigenvalue weighted by Gasteiger charge is -2.04. The fourth-order valence-corrected chi connectivity index (χ4v) is 1.36. The molecule has 0 saturated heterocycles. The van der Waals surface area contributed by atoms with Crippen LogP contribution in [0.2, 0.25) is 0 Å². The van der Waals surface area contributed by atoms with Crippen molar-refractivity contribution >= 4 is 5.91 Å². The number of phenolic OH excluding ortho intramolecular Hbond substituents is 1. The first-order valence-corrected chi connectivity index (χ1v) is 5.27. The topological polar surface area (TPSA) is 49.3 Å². The van der Waals surface area contributed by atoms with Crippen molar-refractivity contribution in [3.63, 3.8) is 0 Å². The van der Waals surface area contributed by atoms with Gasteiger partial charge < -0.3 is 10.4 Å². The highest BCUT2D eigenvalue weighted by molar-refractivity contribution is 5.75. The first-order chi connectivity index (χ1) is 7.22. The van der Waals surface area contributed by atoms with Crippen molar-refractivity contribution in [2.45, 2.75) is 26.2 Å². The Bertz CT molecular complexity index is 323. The summed E-state index contributed by atoms with van der Waals surface area (Å²) < 4.78 is 0. The molecule has 15 heavy (non-hydrogen) atoms. The van der Waals surface area contributed by atoms with Crippen LogP contribution in [-0.2, 0) is 11.2 Å². The minimum Gasteiger partial charge on any atom is -0.508 e. The highest BCUT2D eigenvalue weighted by Crippen LogP contribution is 2.11. The summed E-state index contributed by atoms with van der Waals surface area (Å²) in [5.74, 6) is 0.385. The quantitative estimate of drug-likeness (QED) is 0.724. The van der Waals surface area contributed by atoms with Gasteiger partial charge >= 0.3 is 0 Å². The second-order valence-electron chi connectivity index (χ2n) is 3.48. The Balaban J connectivity index is 2.23.